The second kappa shape index (κ2) is 6.26. The molecule has 114 valence electrons. The lowest BCUT2D eigenvalue weighted by Gasteiger charge is -2.41. The van der Waals surface area contributed by atoms with E-state index in [2.05, 4.69) is 11.8 Å². The highest BCUT2D eigenvalue weighted by Crippen LogP contribution is 2.31. The number of piperidine rings is 1. The van der Waals surface area contributed by atoms with Gasteiger partial charge in [-0.3, -0.25) is 0 Å². The molecule has 1 aromatic carbocycles. The molecule has 1 aromatic rings. The van der Waals surface area contributed by atoms with Crippen LogP contribution in [0.15, 0.2) is 24.3 Å². The number of methoxy groups -OCH3 is 1. The Morgan fingerprint density at radius 2 is 2.29 bits per heavy atom. The molecule has 1 aliphatic heterocycles. The zero-order valence-electron chi connectivity index (χ0n) is 12.3. The summed E-state index contributed by atoms with van der Waals surface area (Å²) in [4.78, 5) is 12.8. The molecule has 0 aliphatic carbocycles. The molecule has 1 N–H and O–H groups in total. The van der Waals surface area contributed by atoms with Gasteiger partial charge in [0, 0.05) is 37.5 Å². The van der Waals surface area contributed by atoms with Gasteiger partial charge in [-0.15, -0.1) is 0 Å². The molecule has 1 saturated heterocycles. The minimum Gasteiger partial charge on any atom is -0.478 e. The van der Waals surface area contributed by atoms with Gasteiger partial charge in [-0.05, 0) is 44.0 Å². The Kier molecular flexibility index (Phi) is 4.63. The number of nitrogens with zero attached hydrogens (tertiary/aromatic N) is 1. The summed E-state index contributed by atoms with van der Waals surface area (Å²) in [7, 11) is 1.69. The number of hydrogen-bond acceptors (Lipinski definition) is 3. The molecule has 4 nitrogen and oxygen atoms in total. The normalized spacial score (nSPS) is 22.7. The van der Waals surface area contributed by atoms with Crippen LogP contribution in [-0.2, 0) is 9.53 Å². The number of rotatable bonds is 4. The van der Waals surface area contributed by atoms with Crippen molar-refractivity contribution in [3.8, 4) is 0 Å². The average Bonchev–Trinajstić information content (AvgIpc) is 2.45. The van der Waals surface area contributed by atoms with Crippen LogP contribution in [0.1, 0.15) is 25.3 Å². The summed E-state index contributed by atoms with van der Waals surface area (Å²) in [6.07, 6.45) is 4.41. The van der Waals surface area contributed by atoms with Crippen LogP contribution in [0.5, 0.6) is 0 Å². The summed E-state index contributed by atoms with van der Waals surface area (Å²) in [6, 6.07) is 4.44. The number of carboxylic acids is 1. The third kappa shape index (κ3) is 3.82. The molecule has 21 heavy (non-hydrogen) atoms. The van der Waals surface area contributed by atoms with E-state index in [0.717, 1.165) is 31.1 Å². The van der Waals surface area contributed by atoms with E-state index in [9.17, 15) is 9.18 Å². The van der Waals surface area contributed by atoms with Crippen LogP contribution >= 0.6 is 0 Å². The van der Waals surface area contributed by atoms with E-state index in [1.54, 1.807) is 13.2 Å². The Balaban J connectivity index is 2.32. The minimum absolute atomic E-state index is 0.236. The van der Waals surface area contributed by atoms with Crippen LogP contribution in [0.2, 0.25) is 0 Å². The van der Waals surface area contributed by atoms with E-state index >= 15 is 0 Å². The van der Waals surface area contributed by atoms with Crippen LogP contribution in [-0.4, -0.2) is 36.9 Å². The molecule has 1 fully saturated rings. The fourth-order valence-electron chi connectivity index (χ4n) is 2.69. The minimum atomic E-state index is -1.05. The van der Waals surface area contributed by atoms with Crippen LogP contribution in [0.25, 0.3) is 6.08 Å². The largest absolute Gasteiger partial charge is 0.478 e. The van der Waals surface area contributed by atoms with Crippen molar-refractivity contribution in [2.45, 2.75) is 25.4 Å². The molecule has 0 amide bonds. The first kappa shape index (κ1) is 15.5. The number of hydrogen-bond donors (Lipinski definition) is 1. The Morgan fingerprint density at radius 3 is 2.95 bits per heavy atom. The van der Waals surface area contributed by atoms with Crippen LogP contribution in [0.4, 0.5) is 10.1 Å². The zero-order valence-corrected chi connectivity index (χ0v) is 12.3. The number of carboxylic acid groups (broad SMARTS) is 1. The predicted octanol–water partition coefficient (Wildman–Crippen LogP) is 2.93. The van der Waals surface area contributed by atoms with Crippen molar-refractivity contribution in [2.75, 3.05) is 25.1 Å². The molecule has 1 heterocycles. The molecule has 1 atom stereocenters. The molecule has 0 spiro atoms. The van der Waals surface area contributed by atoms with Crippen molar-refractivity contribution in [3.05, 3.63) is 35.7 Å². The maximum absolute atomic E-state index is 13.4. The maximum Gasteiger partial charge on any atom is 0.328 e. The van der Waals surface area contributed by atoms with Gasteiger partial charge in [-0.2, -0.15) is 0 Å². The van der Waals surface area contributed by atoms with Gasteiger partial charge in [0.15, 0.2) is 0 Å². The number of benzene rings is 1. The van der Waals surface area contributed by atoms with E-state index < -0.39 is 5.97 Å². The third-order valence-electron chi connectivity index (χ3n) is 3.89. The first-order valence-corrected chi connectivity index (χ1v) is 6.94. The van der Waals surface area contributed by atoms with Crippen molar-refractivity contribution in [3.63, 3.8) is 0 Å². The first-order chi connectivity index (χ1) is 9.93. The number of ether oxygens (including phenoxy) is 1. The van der Waals surface area contributed by atoms with Crippen LogP contribution in [0, 0.1) is 5.82 Å². The predicted molar refractivity (Wildman–Crippen MR) is 79.9 cm³/mol. The van der Waals surface area contributed by atoms with E-state index in [1.807, 2.05) is 0 Å². The Hall–Kier alpha value is -1.88. The average molecular weight is 293 g/mol. The number of anilines is 1. The van der Waals surface area contributed by atoms with Crippen LogP contribution < -0.4 is 4.90 Å². The molecule has 0 aromatic heterocycles. The summed E-state index contributed by atoms with van der Waals surface area (Å²) in [5, 5.41) is 8.75. The van der Waals surface area contributed by atoms with Crippen molar-refractivity contribution < 1.29 is 19.0 Å². The van der Waals surface area contributed by atoms with E-state index in [0.29, 0.717) is 12.1 Å². The lowest BCUT2D eigenvalue weighted by molar-refractivity contribution is -0.131. The second-order valence-electron chi connectivity index (χ2n) is 5.55. The SMILES string of the molecule is COC1(C)CCCN(c2ccc(F)cc2/C=C/C(=O)O)C1. The van der Waals surface area contributed by atoms with Gasteiger partial charge in [-0.1, -0.05) is 0 Å². The highest BCUT2D eigenvalue weighted by atomic mass is 19.1. The molecule has 1 aliphatic rings. The monoisotopic (exact) mass is 293 g/mol. The lowest BCUT2D eigenvalue weighted by atomic mass is 9.93. The van der Waals surface area contributed by atoms with Gasteiger partial charge in [-0.25, -0.2) is 9.18 Å². The Morgan fingerprint density at radius 1 is 1.52 bits per heavy atom. The second-order valence-corrected chi connectivity index (χ2v) is 5.55. The number of halogens is 1. The highest BCUT2D eigenvalue weighted by Gasteiger charge is 2.31. The molecule has 2 rings (SSSR count). The summed E-state index contributed by atoms with van der Waals surface area (Å²) in [5.74, 6) is -1.43. The van der Waals surface area contributed by atoms with Crippen molar-refractivity contribution >= 4 is 17.7 Å². The Labute approximate surface area is 123 Å². The first-order valence-electron chi connectivity index (χ1n) is 6.94. The standard InChI is InChI=1S/C16H20FNO3/c1-16(21-2)8-3-9-18(11-16)14-6-5-13(17)10-12(14)4-7-15(19)20/h4-7,10H,3,8-9,11H2,1-2H3,(H,19,20)/b7-4+. The summed E-state index contributed by atoms with van der Waals surface area (Å²) < 4.78 is 19.0. The molecule has 1 unspecified atom stereocenters. The number of aliphatic carboxylic acids is 1. The van der Waals surface area contributed by atoms with Crippen LogP contribution in [0.3, 0.4) is 0 Å². The smallest absolute Gasteiger partial charge is 0.328 e. The van der Waals surface area contributed by atoms with Gasteiger partial charge < -0.3 is 14.7 Å². The highest BCUT2D eigenvalue weighted by molar-refractivity contribution is 5.87. The molecule has 0 saturated carbocycles. The topological polar surface area (TPSA) is 49.8 Å². The summed E-state index contributed by atoms with van der Waals surface area (Å²) >= 11 is 0. The third-order valence-corrected chi connectivity index (χ3v) is 3.89. The van der Waals surface area contributed by atoms with Gasteiger partial charge in [0.05, 0.1) is 5.60 Å². The summed E-state index contributed by atoms with van der Waals surface area (Å²) in [5.41, 5.74) is 1.16. The molecule has 5 heteroatoms. The van der Waals surface area contributed by atoms with Crippen molar-refractivity contribution in [1.29, 1.82) is 0 Å². The van der Waals surface area contributed by atoms with Gasteiger partial charge in [0.2, 0.25) is 0 Å². The molecular weight excluding hydrogens is 273 g/mol. The Bertz CT molecular complexity index is 558. The molecular formula is C16H20FNO3. The van der Waals surface area contributed by atoms with Crippen molar-refractivity contribution in [2.24, 2.45) is 0 Å². The van der Waals surface area contributed by atoms with E-state index in [-0.39, 0.29) is 11.4 Å². The molecule has 0 radical (unpaired) electrons. The quantitative estimate of drug-likeness (QED) is 0.867. The van der Waals surface area contributed by atoms with Gasteiger partial charge in [0.1, 0.15) is 5.82 Å². The maximum atomic E-state index is 13.4. The fraction of sp³-hybridized carbons (Fsp3) is 0.438. The van der Waals surface area contributed by atoms with E-state index in [1.165, 1.54) is 18.2 Å². The molecule has 0 bridgehead atoms. The van der Waals surface area contributed by atoms with E-state index in [4.69, 9.17) is 9.84 Å². The fourth-order valence-corrected chi connectivity index (χ4v) is 2.69. The van der Waals surface area contributed by atoms with Crippen molar-refractivity contribution in [1.82, 2.24) is 0 Å². The number of carbonyl (C=O) groups is 1. The zero-order chi connectivity index (χ0) is 15.5. The summed E-state index contributed by atoms with van der Waals surface area (Å²) in [6.45, 7) is 3.59. The lowest BCUT2D eigenvalue weighted by Crippen LogP contribution is -2.47. The van der Waals surface area contributed by atoms with Gasteiger partial charge in [0.25, 0.3) is 0 Å². The van der Waals surface area contributed by atoms with Gasteiger partial charge >= 0.3 is 5.97 Å².